The molecule has 1 fully saturated rings. The van der Waals surface area contributed by atoms with Crippen LogP contribution >= 0.6 is 12.4 Å². The van der Waals surface area contributed by atoms with E-state index in [2.05, 4.69) is 15.4 Å². The van der Waals surface area contributed by atoms with E-state index in [1.165, 1.54) is 0 Å². The first-order valence-corrected chi connectivity index (χ1v) is 10.8. The van der Waals surface area contributed by atoms with E-state index in [0.29, 0.717) is 30.0 Å². The van der Waals surface area contributed by atoms with Crippen molar-refractivity contribution in [2.75, 3.05) is 45.2 Å². The molecule has 0 bridgehead atoms. The van der Waals surface area contributed by atoms with Crippen LogP contribution in [0, 0.1) is 0 Å². The number of benzene rings is 2. The summed E-state index contributed by atoms with van der Waals surface area (Å²) in [6, 6.07) is 16.6. The summed E-state index contributed by atoms with van der Waals surface area (Å²) in [5, 5.41) is 6.81. The Morgan fingerprint density at radius 3 is 2.27 bits per heavy atom. The molecule has 0 aliphatic carbocycles. The second-order valence-electron chi connectivity index (χ2n) is 7.46. The number of hydrogen-bond donors (Lipinski definition) is 1. The summed E-state index contributed by atoms with van der Waals surface area (Å²) in [6.45, 7) is 5.79. The Hall–Kier alpha value is -3.10. The summed E-state index contributed by atoms with van der Waals surface area (Å²) < 4.78 is 5.11. The summed E-state index contributed by atoms with van der Waals surface area (Å²) in [5.74, 6) is 0.903. The number of rotatable bonds is 8. The molecule has 3 rings (SSSR count). The summed E-state index contributed by atoms with van der Waals surface area (Å²) in [7, 11) is 1.58. The number of anilines is 1. The smallest absolute Gasteiger partial charge is 0.437 e. The van der Waals surface area contributed by atoms with E-state index >= 15 is 0 Å². The fourth-order valence-electron chi connectivity index (χ4n) is 3.49. The molecule has 2 aromatic rings. The molecule has 0 saturated carbocycles. The van der Waals surface area contributed by atoms with E-state index in [-0.39, 0.29) is 18.3 Å². The van der Waals surface area contributed by atoms with Crippen LogP contribution in [0.5, 0.6) is 5.75 Å². The van der Waals surface area contributed by atoms with E-state index in [1.807, 2.05) is 42.2 Å². The fraction of sp³-hybridized carbons (Fsp3) is 0.375. The van der Waals surface area contributed by atoms with Crippen molar-refractivity contribution in [3.8, 4) is 5.75 Å². The normalized spacial score (nSPS) is 14.2. The molecule has 0 radical (unpaired) electrons. The van der Waals surface area contributed by atoms with Crippen molar-refractivity contribution in [3.05, 3.63) is 60.2 Å². The fourth-order valence-corrected chi connectivity index (χ4v) is 3.49. The minimum atomic E-state index is -0.657. The van der Waals surface area contributed by atoms with Crippen LogP contribution in [0.1, 0.15) is 25.3 Å². The molecule has 8 nitrogen and oxygen atoms in total. The molecule has 0 atom stereocenters. The van der Waals surface area contributed by atoms with Crippen LogP contribution in [0.2, 0.25) is 0 Å². The molecule has 2 amide bonds. The number of methoxy groups -OCH3 is 1. The molecule has 1 heterocycles. The van der Waals surface area contributed by atoms with Crippen molar-refractivity contribution in [3.63, 3.8) is 0 Å². The molecule has 33 heavy (non-hydrogen) atoms. The maximum atomic E-state index is 12.2. The van der Waals surface area contributed by atoms with Gasteiger partial charge < -0.3 is 9.64 Å². The quantitative estimate of drug-likeness (QED) is 0.355. The highest BCUT2D eigenvalue weighted by atomic mass is 35.5. The SMILES string of the molecule is CCC(=O)N1CCN(CC/C(=N/OC(=O)Nc2ccc(OC)cc2)c2ccccc2)CC1.Cl. The highest BCUT2D eigenvalue weighted by Gasteiger charge is 2.20. The van der Waals surface area contributed by atoms with Gasteiger partial charge in [-0.2, -0.15) is 0 Å². The maximum absolute atomic E-state index is 12.2. The van der Waals surface area contributed by atoms with Crippen LogP contribution in [0.4, 0.5) is 10.5 Å². The number of amides is 2. The number of carbonyl (C=O) groups is 2. The van der Waals surface area contributed by atoms with Gasteiger partial charge in [-0.15, -0.1) is 12.4 Å². The van der Waals surface area contributed by atoms with Gasteiger partial charge >= 0.3 is 6.09 Å². The number of hydrogen-bond acceptors (Lipinski definition) is 6. The average Bonchev–Trinajstić information content (AvgIpc) is 2.85. The van der Waals surface area contributed by atoms with E-state index in [1.54, 1.807) is 31.4 Å². The highest BCUT2D eigenvalue weighted by Crippen LogP contribution is 2.15. The molecule has 1 saturated heterocycles. The predicted molar refractivity (Wildman–Crippen MR) is 131 cm³/mol. The number of ether oxygens (including phenoxy) is 1. The van der Waals surface area contributed by atoms with Crippen LogP contribution in [0.3, 0.4) is 0 Å². The van der Waals surface area contributed by atoms with Crippen LogP contribution in [-0.4, -0.2) is 67.3 Å². The van der Waals surface area contributed by atoms with Gasteiger partial charge in [0.05, 0.1) is 12.8 Å². The van der Waals surface area contributed by atoms with E-state index in [0.717, 1.165) is 38.3 Å². The molecule has 1 aliphatic heterocycles. The van der Waals surface area contributed by atoms with Gasteiger partial charge in [-0.25, -0.2) is 4.79 Å². The lowest BCUT2D eigenvalue weighted by atomic mass is 10.1. The number of halogens is 1. The van der Waals surface area contributed by atoms with E-state index in [9.17, 15) is 9.59 Å². The summed E-state index contributed by atoms with van der Waals surface area (Å²) in [5.41, 5.74) is 2.19. The highest BCUT2D eigenvalue weighted by molar-refractivity contribution is 6.00. The number of oxime groups is 1. The predicted octanol–water partition coefficient (Wildman–Crippen LogP) is 4.01. The first-order chi connectivity index (χ1) is 15.6. The lowest BCUT2D eigenvalue weighted by Crippen LogP contribution is -2.48. The second-order valence-corrected chi connectivity index (χ2v) is 7.46. The lowest BCUT2D eigenvalue weighted by Gasteiger charge is -2.34. The minimum absolute atomic E-state index is 0. The summed E-state index contributed by atoms with van der Waals surface area (Å²) in [6.07, 6.45) is 0.512. The van der Waals surface area contributed by atoms with Gasteiger partial charge in [0.2, 0.25) is 5.91 Å². The largest absolute Gasteiger partial charge is 0.497 e. The van der Waals surface area contributed by atoms with Gasteiger partial charge in [-0.05, 0) is 29.8 Å². The first kappa shape index (κ1) is 26.2. The average molecular weight is 475 g/mol. The summed E-state index contributed by atoms with van der Waals surface area (Å²) in [4.78, 5) is 33.5. The Morgan fingerprint density at radius 2 is 1.67 bits per heavy atom. The lowest BCUT2D eigenvalue weighted by molar-refractivity contribution is -0.132. The van der Waals surface area contributed by atoms with Crippen LogP contribution in [0.15, 0.2) is 59.8 Å². The Bertz CT molecular complexity index is 914. The molecule has 0 spiro atoms. The van der Waals surface area contributed by atoms with Crippen molar-refractivity contribution in [1.82, 2.24) is 9.80 Å². The first-order valence-electron chi connectivity index (χ1n) is 10.8. The van der Waals surface area contributed by atoms with Crippen molar-refractivity contribution >= 4 is 35.8 Å². The third kappa shape index (κ3) is 8.07. The van der Waals surface area contributed by atoms with Crippen LogP contribution in [-0.2, 0) is 9.63 Å². The Labute approximate surface area is 200 Å². The molecule has 0 aromatic heterocycles. The molecule has 0 unspecified atom stereocenters. The topological polar surface area (TPSA) is 83.5 Å². The minimum Gasteiger partial charge on any atom is -0.497 e. The van der Waals surface area contributed by atoms with E-state index < -0.39 is 6.09 Å². The van der Waals surface area contributed by atoms with Gasteiger partial charge in [0.15, 0.2) is 0 Å². The molecular formula is C24H31ClN4O4. The zero-order valence-corrected chi connectivity index (χ0v) is 19.8. The Kier molecular flexibility index (Phi) is 10.7. The maximum Gasteiger partial charge on any atom is 0.437 e. The van der Waals surface area contributed by atoms with Gasteiger partial charge in [0.1, 0.15) is 5.75 Å². The standard InChI is InChI=1S/C24H30N4O4.ClH/c1-3-23(29)28-17-15-27(16-18-28)14-13-22(19-7-5-4-6-8-19)26-32-24(30)25-20-9-11-21(31-2)12-10-20;/h4-12H,3,13-18H2,1-2H3,(H,25,30);1H/b26-22-;. The second kappa shape index (κ2) is 13.4. The third-order valence-corrected chi connectivity index (χ3v) is 5.37. The molecule has 9 heteroatoms. The molecular weight excluding hydrogens is 444 g/mol. The molecule has 1 aliphatic rings. The Balaban J connectivity index is 0.00000385. The van der Waals surface area contributed by atoms with Crippen molar-refractivity contribution in [2.24, 2.45) is 5.16 Å². The van der Waals surface area contributed by atoms with E-state index in [4.69, 9.17) is 9.57 Å². The molecule has 2 aromatic carbocycles. The number of nitrogens with zero attached hydrogens (tertiary/aromatic N) is 3. The zero-order chi connectivity index (χ0) is 22.8. The van der Waals surface area contributed by atoms with Gasteiger partial charge in [-0.3, -0.25) is 19.8 Å². The van der Waals surface area contributed by atoms with Crippen LogP contribution in [0.25, 0.3) is 0 Å². The van der Waals surface area contributed by atoms with Gasteiger partial charge in [-0.1, -0.05) is 42.4 Å². The number of nitrogens with one attached hydrogen (secondary N) is 1. The Morgan fingerprint density at radius 1 is 1.00 bits per heavy atom. The van der Waals surface area contributed by atoms with Crippen molar-refractivity contribution < 1.29 is 19.2 Å². The number of carbonyl (C=O) groups excluding carboxylic acids is 2. The summed E-state index contributed by atoms with van der Waals surface area (Å²) >= 11 is 0. The monoisotopic (exact) mass is 474 g/mol. The van der Waals surface area contributed by atoms with Crippen molar-refractivity contribution in [1.29, 1.82) is 0 Å². The zero-order valence-electron chi connectivity index (χ0n) is 19.0. The molecule has 1 N–H and O–H groups in total. The van der Waals surface area contributed by atoms with Crippen molar-refractivity contribution in [2.45, 2.75) is 19.8 Å². The van der Waals surface area contributed by atoms with Gasteiger partial charge in [0.25, 0.3) is 0 Å². The third-order valence-electron chi connectivity index (χ3n) is 5.37. The molecule has 178 valence electrons. The van der Waals surface area contributed by atoms with Crippen LogP contribution < -0.4 is 10.1 Å². The number of piperazine rings is 1. The van der Waals surface area contributed by atoms with Gasteiger partial charge in [0, 0.05) is 51.3 Å².